The highest BCUT2D eigenvalue weighted by molar-refractivity contribution is 9.10. The van der Waals surface area contributed by atoms with E-state index in [0.29, 0.717) is 38.7 Å². The van der Waals surface area contributed by atoms with E-state index in [1.165, 1.54) is 0 Å². The number of H-pyrrole nitrogens is 1. The normalized spacial score (nSPS) is 10.6. The lowest BCUT2D eigenvalue weighted by atomic mass is 10.1. The van der Waals surface area contributed by atoms with Crippen LogP contribution in [-0.2, 0) is 6.42 Å². The summed E-state index contributed by atoms with van der Waals surface area (Å²) in [7, 11) is 1.55. The second-order valence-electron chi connectivity index (χ2n) is 4.24. The summed E-state index contributed by atoms with van der Waals surface area (Å²) in [6.07, 6.45) is 1.61. The van der Waals surface area contributed by atoms with Gasteiger partial charge in [-0.3, -0.25) is 4.79 Å². The van der Waals surface area contributed by atoms with Gasteiger partial charge < -0.3 is 9.72 Å². The third-order valence-electron chi connectivity index (χ3n) is 2.85. The van der Waals surface area contributed by atoms with E-state index in [4.69, 9.17) is 16.3 Å². The van der Waals surface area contributed by atoms with Crippen molar-refractivity contribution in [3.63, 3.8) is 0 Å². The zero-order valence-electron chi connectivity index (χ0n) is 11.2. The van der Waals surface area contributed by atoms with E-state index >= 15 is 0 Å². The fourth-order valence-electron chi connectivity index (χ4n) is 1.93. The van der Waals surface area contributed by atoms with Gasteiger partial charge >= 0.3 is 0 Å². The predicted octanol–water partition coefficient (Wildman–Crippen LogP) is 3.81. The largest absolute Gasteiger partial charge is 0.496 e. The topological polar surface area (TPSA) is 55.0 Å². The number of rotatable bonds is 4. The molecule has 0 atom stereocenters. The van der Waals surface area contributed by atoms with Crippen molar-refractivity contribution in [1.29, 1.82) is 0 Å². The lowest BCUT2D eigenvalue weighted by molar-refractivity contribution is 0.416. The summed E-state index contributed by atoms with van der Waals surface area (Å²) in [4.78, 5) is 19.2. The number of halogens is 2. The molecular weight excluding hydrogens is 344 g/mol. The van der Waals surface area contributed by atoms with Crippen LogP contribution in [0.25, 0.3) is 11.4 Å². The van der Waals surface area contributed by atoms with E-state index in [0.717, 1.165) is 6.42 Å². The van der Waals surface area contributed by atoms with Gasteiger partial charge in [0.1, 0.15) is 16.0 Å². The summed E-state index contributed by atoms with van der Waals surface area (Å²) >= 11 is 9.48. The van der Waals surface area contributed by atoms with Crippen LogP contribution in [0.15, 0.2) is 27.5 Å². The van der Waals surface area contributed by atoms with E-state index in [1.807, 2.05) is 6.92 Å². The molecule has 0 aliphatic carbocycles. The number of hydrogen-bond acceptors (Lipinski definition) is 3. The molecule has 2 rings (SSSR count). The molecule has 1 aromatic carbocycles. The average molecular weight is 358 g/mol. The number of nitrogens with zero attached hydrogens (tertiary/aromatic N) is 1. The van der Waals surface area contributed by atoms with Crippen LogP contribution in [0.5, 0.6) is 5.75 Å². The van der Waals surface area contributed by atoms with Crippen molar-refractivity contribution >= 4 is 27.5 Å². The Morgan fingerprint density at radius 2 is 2.20 bits per heavy atom. The Morgan fingerprint density at radius 3 is 2.85 bits per heavy atom. The Hall–Kier alpha value is -1.33. The lowest BCUT2D eigenvalue weighted by Crippen LogP contribution is -2.14. The van der Waals surface area contributed by atoms with Gasteiger partial charge in [0.25, 0.3) is 5.56 Å². The van der Waals surface area contributed by atoms with Crippen molar-refractivity contribution in [3.05, 3.63) is 43.7 Å². The van der Waals surface area contributed by atoms with Gasteiger partial charge in [-0.1, -0.05) is 31.0 Å². The molecule has 4 nitrogen and oxygen atoms in total. The number of hydrogen-bond donors (Lipinski definition) is 1. The molecule has 0 spiro atoms. The number of aromatic nitrogens is 2. The summed E-state index contributed by atoms with van der Waals surface area (Å²) in [5.41, 5.74) is 1.09. The number of methoxy groups -OCH3 is 1. The minimum atomic E-state index is -0.222. The van der Waals surface area contributed by atoms with E-state index in [2.05, 4.69) is 25.9 Å². The van der Waals surface area contributed by atoms with Gasteiger partial charge in [-0.15, -0.1) is 0 Å². The first-order chi connectivity index (χ1) is 9.58. The maximum absolute atomic E-state index is 12.0. The Balaban J connectivity index is 2.68. The minimum absolute atomic E-state index is 0.222. The summed E-state index contributed by atoms with van der Waals surface area (Å²) in [6, 6.07) is 5.30. The molecule has 0 radical (unpaired) electrons. The molecule has 0 saturated carbocycles. The van der Waals surface area contributed by atoms with Crippen molar-refractivity contribution in [2.24, 2.45) is 0 Å². The van der Waals surface area contributed by atoms with Gasteiger partial charge in [0.05, 0.1) is 23.4 Å². The first kappa shape index (κ1) is 15.1. The molecule has 1 aromatic heterocycles. The third kappa shape index (κ3) is 2.88. The lowest BCUT2D eigenvalue weighted by Gasteiger charge is -2.11. The molecule has 0 fully saturated rings. The van der Waals surface area contributed by atoms with Crippen LogP contribution >= 0.6 is 27.5 Å². The number of ether oxygens (including phenoxy) is 1. The number of benzene rings is 1. The van der Waals surface area contributed by atoms with Crippen molar-refractivity contribution in [1.82, 2.24) is 9.97 Å². The summed E-state index contributed by atoms with van der Waals surface area (Å²) < 4.78 is 5.76. The van der Waals surface area contributed by atoms with Gasteiger partial charge in [-0.05, 0) is 34.5 Å². The van der Waals surface area contributed by atoms with Gasteiger partial charge in [0.2, 0.25) is 0 Å². The first-order valence-electron chi connectivity index (χ1n) is 6.20. The maximum Gasteiger partial charge on any atom is 0.265 e. The molecule has 1 heterocycles. The fourth-order valence-corrected chi connectivity index (χ4v) is 2.57. The molecule has 6 heteroatoms. The van der Waals surface area contributed by atoms with Gasteiger partial charge in [-0.2, -0.15) is 0 Å². The SMILES string of the molecule is CCCc1nc(-c2c(Cl)cccc2OC)[nH]c(=O)c1Br. The quantitative estimate of drug-likeness (QED) is 0.905. The van der Waals surface area contributed by atoms with E-state index in [1.54, 1.807) is 25.3 Å². The van der Waals surface area contributed by atoms with E-state index in [-0.39, 0.29) is 5.56 Å². The second-order valence-corrected chi connectivity index (χ2v) is 5.44. The van der Waals surface area contributed by atoms with Crippen molar-refractivity contribution in [2.45, 2.75) is 19.8 Å². The monoisotopic (exact) mass is 356 g/mol. The van der Waals surface area contributed by atoms with Crippen LogP contribution in [0, 0.1) is 0 Å². The molecule has 0 bridgehead atoms. The molecule has 20 heavy (non-hydrogen) atoms. The average Bonchev–Trinajstić information content (AvgIpc) is 2.43. The Morgan fingerprint density at radius 1 is 1.45 bits per heavy atom. The molecule has 0 saturated heterocycles. The van der Waals surface area contributed by atoms with Crippen LogP contribution in [0.1, 0.15) is 19.0 Å². The molecule has 0 aliphatic rings. The molecule has 0 amide bonds. The summed E-state index contributed by atoms with van der Waals surface area (Å²) in [5, 5.41) is 0.484. The third-order valence-corrected chi connectivity index (χ3v) is 3.98. The van der Waals surface area contributed by atoms with Crippen LogP contribution in [0.3, 0.4) is 0 Å². The predicted molar refractivity (Wildman–Crippen MR) is 83.6 cm³/mol. The molecule has 0 unspecified atom stereocenters. The van der Waals surface area contributed by atoms with E-state index < -0.39 is 0 Å². The minimum Gasteiger partial charge on any atom is -0.496 e. The molecule has 1 N–H and O–H groups in total. The van der Waals surface area contributed by atoms with Crippen molar-refractivity contribution in [2.75, 3.05) is 7.11 Å². The van der Waals surface area contributed by atoms with Crippen LogP contribution in [0.2, 0.25) is 5.02 Å². The zero-order valence-corrected chi connectivity index (χ0v) is 13.5. The highest BCUT2D eigenvalue weighted by Crippen LogP contribution is 2.34. The van der Waals surface area contributed by atoms with Gasteiger partial charge in [-0.25, -0.2) is 4.98 Å². The fraction of sp³-hybridized carbons (Fsp3) is 0.286. The Bertz CT molecular complexity index is 685. The molecule has 2 aromatic rings. The number of nitrogens with one attached hydrogen (secondary N) is 1. The van der Waals surface area contributed by atoms with Crippen LogP contribution < -0.4 is 10.3 Å². The first-order valence-corrected chi connectivity index (χ1v) is 7.37. The van der Waals surface area contributed by atoms with Gasteiger partial charge in [0, 0.05) is 0 Å². The van der Waals surface area contributed by atoms with Crippen LogP contribution in [-0.4, -0.2) is 17.1 Å². The van der Waals surface area contributed by atoms with Gasteiger partial charge in [0.15, 0.2) is 0 Å². The second kappa shape index (κ2) is 6.41. The standard InChI is InChI=1S/C14H14BrClN2O2/c1-3-5-9-12(15)14(19)18-13(17-9)11-8(16)6-4-7-10(11)20-2/h4,6-7H,3,5H2,1-2H3,(H,17,18,19). The summed E-state index contributed by atoms with van der Waals surface area (Å²) in [5.74, 6) is 0.995. The Kier molecular flexibility index (Phi) is 4.83. The highest BCUT2D eigenvalue weighted by atomic mass is 79.9. The van der Waals surface area contributed by atoms with Crippen LogP contribution in [0.4, 0.5) is 0 Å². The number of aryl methyl sites for hydroxylation is 1. The summed E-state index contributed by atoms with van der Waals surface area (Å²) in [6.45, 7) is 2.03. The molecule has 0 aliphatic heterocycles. The van der Waals surface area contributed by atoms with E-state index in [9.17, 15) is 4.79 Å². The van der Waals surface area contributed by atoms with Crippen molar-refractivity contribution in [3.8, 4) is 17.1 Å². The zero-order chi connectivity index (χ0) is 14.7. The maximum atomic E-state index is 12.0. The van der Waals surface area contributed by atoms with Crippen molar-refractivity contribution < 1.29 is 4.74 Å². The molecule has 106 valence electrons. The highest BCUT2D eigenvalue weighted by Gasteiger charge is 2.15. The Labute approximate surface area is 130 Å². The number of aromatic amines is 1. The molecular formula is C14H14BrClN2O2. The smallest absolute Gasteiger partial charge is 0.265 e.